The highest BCUT2D eigenvalue weighted by atomic mass is 16.1. The Morgan fingerprint density at radius 2 is 2.30 bits per heavy atom. The van der Waals surface area contributed by atoms with Crippen molar-refractivity contribution in [2.45, 2.75) is 6.54 Å². The van der Waals surface area contributed by atoms with Crippen molar-refractivity contribution in [3.8, 4) is 5.82 Å². The van der Waals surface area contributed by atoms with Gasteiger partial charge in [0, 0.05) is 25.1 Å². The number of nitrogens with one attached hydrogen (secondary N) is 2. The fourth-order valence-corrected chi connectivity index (χ4v) is 1.74. The summed E-state index contributed by atoms with van der Waals surface area (Å²) in [4.78, 5) is 22.9. The van der Waals surface area contributed by atoms with E-state index in [2.05, 4.69) is 25.4 Å². The van der Waals surface area contributed by atoms with Gasteiger partial charge in [-0.2, -0.15) is 5.10 Å². The molecular formula is C13H12N6O. The minimum absolute atomic E-state index is 0.163. The maximum Gasteiger partial charge on any atom is 0.253 e. The number of nitrogens with zero attached hydrogens (tertiary/aromatic N) is 4. The van der Waals surface area contributed by atoms with Crippen LogP contribution in [0.1, 0.15) is 15.9 Å². The third-order valence-electron chi connectivity index (χ3n) is 2.78. The van der Waals surface area contributed by atoms with Gasteiger partial charge in [-0.1, -0.05) is 0 Å². The molecule has 0 spiro atoms. The molecule has 0 aliphatic heterocycles. The molecule has 0 aliphatic rings. The van der Waals surface area contributed by atoms with Gasteiger partial charge < -0.3 is 10.3 Å². The number of carbonyl (C=O) groups is 1. The molecule has 0 fully saturated rings. The largest absolute Gasteiger partial charge is 0.367 e. The number of amides is 1. The lowest BCUT2D eigenvalue weighted by Gasteiger charge is -2.04. The Bertz CT molecular complexity index is 672. The van der Waals surface area contributed by atoms with Crippen molar-refractivity contribution in [1.82, 2.24) is 30.0 Å². The van der Waals surface area contributed by atoms with Gasteiger partial charge in [0.1, 0.15) is 12.7 Å². The maximum atomic E-state index is 11.9. The van der Waals surface area contributed by atoms with E-state index in [1.54, 1.807) is 18.5 Å². The van der Waals surface area contributed by atoms with Crippen molar-refractivity contribution in [3.63, 3.8) is 0 Å². The first kappa shape index (κ1) is 12.1. The lowest BCUT2D eigenvalue weighted by atomic mass is 10.2. The van der Waals surface area contributed by atoms with Crippen molar-refractivity contribution in [2.75, 3.05) is 0 Å². The molecule has 3 heterocycles. The predicted molar refractivity (Wildman–Crippen MR) is 71.1 cm³/mol. The SMILES string of the molecule is O=C(NCc1cc[nH]c1)c1ccc(-n2cncn2)nc1. The van der Waals surface area contributed by atoms with Crippen molar-refractivity contribution in [3.05, 3.63) is 60.6 Å². The first-order valence-electron chi connectivity index (χ1n) is 6.04. The van der Waals surface area contributed by atoms with Gasteiger partial charge in [0.25, 0.3) is 5.91 Å². The zero-order valence-electron chi connectivity index (χ0n) is 10.5. The van der Waals surface area contributed by atoms with Crippen molar-refractivity contribution >= 4 is 5.91 Å². The Balaban J connectivity index is 1.66. The molecule has 0 radical (unpaired) electrons. The van der Waals surface area contributed by atoms with Gasteiger partial charge in [0.15, 0.2) is 5.82 Å². The molecule has 7 heteroatoms. The summed E-state index contributed by atoms with van der Waals surface area (Å²) in [5.74, 6) is 0.452. The Labute approximate surface area is 114 Å². The van der Waals surface area contributed by atoms with E-state index in [1.807, 2.05) is 18.5 Å². The van der Waals surface area contributed by atoms with Crippen LogP contribution in [0.4, 0.5) is 0 Å². The van der Waals surface area contributed by atoms with Gasteiger partial charge >= 0.3 is 0 Å². The molecule has 0 saturated heterocycles. The summed E-state index contributed by atoms with van der Waals surface area (Å²) in [7, 11) is 0. The van der Waals surface area contributed by atoms with Crippen LogP contribution in [0.2, 0.25) is 0 Å². The molecule has 3 rings (SSSR count). The van der Waals surface area contributed by atoms with Crippen molar-refractivity contribution in [1.29, 1.82) is 0 Å². The van der Waals surface area contributed by atoms with Crippen molar-refractivity contribution in [2.24, 2.45) is 0 Å². The molecule has 100 valence electrons. The van der Waals surface area contributed by atoms with Gasteiger partial charge in [-0.05, 0) is 23.8 Å². The van der Waals surface area contributed by atoms with E-state index in [9.17, 15) is 4.79 Å². The second-order valence-electron chi connectivity index (χ2n) is 4.15. The van der Waals surface area contributed by atoms with E-state index in [-0.39, 0.29) is 5.91 Å². The first-order chi connectivity index (χ1) is 9.83. The average molecular weight is 268 g/mol. The number of aromatic nitrogens is 5. The molecule has 0 unspecified atom stereocenters. The number of hydrogen-bond donors (Lipinski definition) is 2. The third-order valence-corrected chi connectivity index (χ3v) is 2.78. The highest BCUT2D eigenvalue weighted by Gasteiger charge is 2.07. The van der Waals surface area contributed by atoms with E-state index >= 15 is 0 Å². The van der Waals surface area contributed by atoms with E-state index < -0.39 is 0 Å². The Morgan fingerprint density at radius 3 is 2.95 bits per heavy atom. The fraction of sp³-hybridized carbons (Fsp3) is 0.0769. The van der Waals surface area contributed by atoms with Gasteiger partial charge in [-0.15, -0.1) is 0 Å². The van der Waals surface area contributed by atoms with Gasteiger partial charge in [0.05, 0.1) is 5.56 Å². The number of rotatable bonds is 4. The van der Waals surface area contributed by atoms with Crippen molar-refractivity contribution < 1.29 is 4.79 Å². The average Bonchev–Trinajstić information content (AvgIpc) is 3.18. The number of hydrogen-bond acceptors (Lipinski definition) is 4. The zero-order valence-corrected chi connectivity index (χ0v) is 10.5. The zero-order chi connectivity index (χ0) is 13.8. The minimum atomic E-state index is -0.163. The molecule has 7 nitrogen and oxygen atoms in total. The smallest absolute Gasteiger partial charge is 0.253 e. The van der Waals surface area contributed by atoms with Crippen LogP contribution in [0.3, 0.4) is 0 Å². The monoisotopic (exact) mass is 268 g/mol. The second kappa shape index (κ2) is 5.35. The van der Waals surface area contributed by atoms with Crippen LogP contribution < -0.4 is 5.32 Å². The van der Waals surface area contributed by atoms with E-state index in [0.717, 1.165) is 5.56 Å². The third kappa shape index (κ3) is 2.56. The van der Waals surface area contributed by atoms with Crippen LogP contribution in [-0.2, 0) is 6.54 Å². The number of H-pyrrole nitrogens is 1. The molecule has 0 aliphatic carbocycles. The second-order valence-corrected chi connectivity index (χ2v) is 4.15. The highest BCUT2D eigenvalue weighted by Crippen LogP contribution is 2.04. The van der Waals surface area contributed by atoms with Gasteiger partial charge in [-0.3, -0.25) is 4.79 Å². The highest BCUT2D eigenvalue weighted by molar-refractivity contribution is 5.93. The van der Waals surface area contributed by atoms with Crippen LogP contribution >= 0.6 is 0 Å². The number of pyridine rings is 1. The lowest BCUT2D eigenvalue weighted by Crippen LogP contribution is -2.22. The van der Waals surface area contributed by atoms with Crippen LogP contribution in [0.15, 0.2) is 49.4 Å². The topological polar surface area (TPSA) is 88.5 Å². The van der Waals surface area contributed by atoms with Crippen LogP contribution in [0, 0.1) is 0 Å². The summed E-state index contributed by atoms with van der Waals surface area (Å²) >= 11 is 0. The van der Waals surface area contributed by atoms with Crippen LogP contribution in [0.25, 0.3) is 5.82 Å². The lowest BCUT2D eigenvalue weighted by molar-refractivity contribution is 0.0950. The fourth-order valence-electron chi connectivity index (χ4n) is 1.74. The standard InChI is InChI=1S/C13H12N6O/c20-13(17-6-10-3-4-14-5-10)11-1-2-12(16-7-11)19-9-15-8-18-19/h1-5,7-9,14H,6H2,(H,17,20). The molecule has 3 aromatic rings. The number of aromatic amines is 1. The molecule has 2 N–H and O–H groups in total. The van der Waals surface area contributed by atoms with E-state index in [0.29, 0.717) is 17.9 Å². The summed E-state index contributed by atoms with van der Waals surface area (Å²) < 4.78 is 1.53. The molecule has 0 aromatic carbocycles. The van der Waals surface area contributed by atoms with Gasteiger partial charge in [0.2, 0.25) is 0 Å². The predicted octanol–water partition coefficient (Wildman–Crippen LogP) is 0.920. The van der Waals surface area contributed by atoms with Crippen LogP contribution in [-0.4, -0.2) is 30.6 Å². The van der Waals surface area contributed by atoms with E-state index in [1.165, 1.54) is 17.2 Å². The summed E-state index contributed by atoms with van der Waals surface area (Å²) in [6.45, 7) is 0.479. The molecular weight excluding hydrogens is 256 g/mol. The summed E-state index contributed by atoms with van der Waals surface area (Å²) in [6.07, 6.45) is 8.15. The molecule has 1 amide bonds. The summed E-state index contributed by atoms with van der Waals surface area (Å²) in [5.41, 5.74) is 1.52. The first-order valence-corrected chi connectivity index (χ1v) is 6.04. The maximum absolute atomic E-state index is 11.9. The Morgan fingerprint density at radius 1 is 1.35 bits per heavy atom. The molecule has 0 atom stereocenters. The Kier molecular flexibility index (Phi) is 3.24. The summed E-state index contributed by atoms with van der Waals surface area (Å²) in [6, 6.07) is 5.34. The molecule has 20 heavy (non-hydrogen) atoms. The van der Waals surface area contributed by atoms with E-state index in [4.69, 9.17) is 0 Å². The molecule has 0 bridgehead atoms. The van der Waals surface area contributed by atoms with Gasteiger partial charge in [-0.25, -0.2) is 14.6 Å². The molecule has 0 saturated carbocycles. The number of carbonyl (C=O) groups excluding carboxylic acids is 1. The van der Waals surface area contributed by atoms with Crippen LogP contribution in [0.5, 0.6) is 0 Å². The minimum Gasteiger partial charge on any atom is -0.367 e. The Hall–Kier alpha value is -2.96. The normalized spacial score (nSPS) is 10.4. The quantitative estimate of drug-likeness (QED) is 0.736. The molecule has 3 aromatic heterocycles. The summed E-state index contributed by atoms with van der Waals surface area (Å²) in [5, 5.41) is 6.79.